The summed E-state index contributed by atoms with van der Waals surface area (Å²) in [5.74, 6) is -0.300. The zero-order chi connectivity index (χ0) is 18.3. The summed E-state index contributed by atoms with van der Waals surface area (Å²) >= 11 is 0. The molecule has 0 radical (unpaired) electrons. The third-order valence-electron chi connectivity index (χ3n) is 5.38. The lowest BCUT2D eigenvalue weighted by molar-refractivity contribution is 0.0706. The van der Waals surface area contributed by atoms with Gasteiger partial charge in [0.15, 0.2) is 0 Å². The Hall–Kier alpha value is -2.63. The van der Waals surface area contributed by atoms with Gasteiger partial charge in [0.05, 0.1) is 0 Å². The second kappa shape index (κ2) is 6.59. The van der Waals surface area contributed by atoms with Crippen LogP contribution >= 0.6 is 0 Å². The number of hydrogen-bond acceptors (Lipinski definition) is 3. The Labute approximate surface area is 151 Å². The molecule has 0 bridgehead atoms. The molecule has 0 spiro atoms. The maximum atomic E-state index is 13.4. The number of rotatable bonds is 2. The highest BCUT2D eigenvalue weighted by Gasteiger charge is 2.31. The number of carbonyl (C=O) groups excluding carboxylic acids is 1. The van der Waals surface area contributed by atoms with Gasteiger partial charge >= 0.3 is 0 Å². The summed E-state index contributed by atoms with van der Waals surface area (Å²) in [5.41, 5.74) is 3.09. The third-order valence-corrected chi connectivity index (χ3v) is 5.38. The van der Waals surface area contributed by atoms with Crippen molar-refractivity contribution in [2.45, 2.75) is 32.2 Å². The number of likely N-dealkylation sites (tertiary alicyclic amines) is 1. The number of hydrogen-bond donors (Lipinski definition) is 1. The quantitative estimate of drug-likeness (QED) is 0.900. The van der Waals surface area contributed by atoms with Crippen LogP contribution in [0.2, 0.25) is 0 Å². The second-order valence-electron chi connectivity index (χ2n) is 7.18. The summed E-state index contributed by atoms with van der Waals surface area (Å²) in [5, 5.41) is 0. The van der Waals surface area contributed by atoms with Crippen molar-refractivity contribution in [2.75, 3.05) is 24.5 Å². The highest BCUT2D eigenvalue weighted by Crippen LogP contribution is 2.33. The van der Waals surface area contributed by atoms with Crippen LogP contribution in [0.4, 0.5) is 10.1 Å². The van der Waals surface area contributed by atoms with E-state index in [2.05, 4.69) is 9.88 Å². The first-order valence-electron chi connectivity index (χ1n) is 9.06. The molecule has 1 fully saturated rings. The van der Waals surface area contributed by atoms with E-state index in [1.165, 1.54) is 12.1 Å². The van der Waals surface area contributed by atoms with E-state index in [4.69, 9.17) is 0 Å². The normalized spacial score (nSPS) is 17.5. The van der Waals surface area contributed by atoms with Crippen LogP contribution in [-0.4, -0.2) is 41.5 Å². The molecule has 1 saturated heterocycles. The molecule has 1 N–H and O–H groups in total. The van der Waals surface area contributed by atoms with Gasteiger partial charge in [0.2, 0.25) is 5.56 Å². The Kier molecular flexibility index (Phi) is 4.26. The summed E-state index contributed by atoms with van der Waals surface area (Å²) in [4.78, 5) is 31.1. The molecule has 1 aromatic carbocycles. The number of H-pyrrole nitrogens is 1. The Balaban J connectivity index is 1.43. The number of carbonyl (C=O) groups is 1. The Bertz CT molecular complexity index is 900. The molecule has 2 aromatic rings. The van der Waals surface area contributed by atoms with E-state index in [-0.39, 0.29) is 17.3 Å². The van der Waals surface area contributed by atoms with E-state index >= 15 is 0 Å². The van der Waals surface area contributed by atoms with Crippen molar-refractivity contribution >= 4 is 11.6 Å². The third kappa shape index (κ3) is 3.11. The Morgan fingerprint density at radius 2 is 1.92 bits per heavy atom. The molecule has 0 saturated carbocycles. The minimum absolute atomic E-state index is 0.117. The van der Waals surface area contributed by atoms with Crippen LogP contribution in [0.3, 0.4) is 0 Å². The maximum Gasteiger partial charge on any atom is 0.270 e. The SMILES string of the molecule is Cc1cc(C(=O)N2CCC(N3CCc4cc(F)ccc43)CC2)[nH]c(=O)c1. The fraction of sp³-hybridized carbons (Fsp3) is 0.400. The number of benzene rings is 1. The maximum absolute atomic E-state index is 13.4. The number of aromatic nitrogens is 1. The molecule has 3 heterocycles. The van der Waals surface area contributed by atoms with Crippen LogP contribution in [0.15, 0.2) is 35.1 Å². The highest BCUT2D eigenvalue weighted by molar-refractivity contribution is 5.92. The number of halogens is 1. The van der Waals surface area contributed by atoms with Crippen LogP contribution in [0.25, 0.3) is 0 Å². The number of pyridine rings is 1. The number of nitrogens with one attached hydrogen (secondary N) is 1. The van der Waals surface area contributed by atoms with Crippen molar-refractivity contribution in [2.24, 2.45) is 0 Å². The van der Waals surface area contributed by atoms with E-state index in [0.29, 0.717) is 24.8 Å². The molecule has 5 nitrogen and oxygen atoms in total. The fourth-order valence-corrected chi connectivity index (χ4v) is 4.12. The van der Waals surface area contributed by atoms with Gasteiger partial charge in [-0.2, -0.15) is 0 Å². The van der Waals surface area contributed by atoms with Crippen LogP contribution in [0, 0.1) is 12.7 Å². The molecule has 4 rings (SSSR count). The summed E-state index contributed by atoms with van der Waals surface area (Å²) in [6, 6.07) is 8.58. The van der Waals surface area contributed by atoms with E-state index in [1.807, 2.05) is 17.9 Å². The average molecular weight is 355 g/mol. The van der Waals surface area contributed by atoms with Gasteiger partial charge in [-0.1, -0.05) is 0 Å². The lowest BCUT2D eigenvalue weighted by Gasteiger charge is -2.38. The predicted molar refractivity (Wildman–Crippen MR) is 98.2 cm³/mol. The first-order valence-corrected chi connectivity index (χ1v) is 9.06. The molecule has 2 aliphatic rings. The topological polar surface area (TPSA) is 56.4 Å². The first kappa shape index (κ1) is 16.8. The van der Waals surface area contributed by atoms with Gasteiger partial charge in [-0.25, -0.2) is 4.39 Å². The van der Waals surface area contributed by atoms with Gasteiger partial charge in [0.25, 0.3) is 5.91 Å². The van der Waals surface area contributed by atoms with Gasteiger partial charge in [-0.3, -0.25) is 9.59 Å². The molecular weight excluding hydrogens is 333 g/mol. The number of anilines is 1. The van der Waals surface area contributed by atoms with Crippen molar-refractivity contribution in [3.8, 4) is 0 Å². The molecule has 0 aliphatic carbocycles. The van der Waals surface area contributed by atoms with Gasteiger partial charge < -0.3 is 14.8 Å². The molecule has 0 atom stereocenters. The van der Waals surface area contributed by atoms with Crippen molar-refractivity contribution in [3.63, 3.8) is 0 Å². The standard InChI is InChI=1S/C20H22FN3O2/c1-13-10-17(22-19(25)11-13)20(26)23-7-5-16(6-8-23)24-9-4-14-12-15(21)2-3-18(14)24/h2-3,10-12,16H,4-9H2,1H3,(H,22,25). The fourth-order valence-electron chi connectivity index (χ4n) is 4.12. The van der Waals surface area contributed by atoms with Gasteiger partial charge in [-0.15, -0.1) is 0 Å². The van der Waals surface area contributed by atoms with Gasteiger partial charge in [0, 0.05) is 37.4 Å². The van der Waals surface area contributed by atoms with Crippen molar-refractivity contribution in [1.82, 2.24) is 9.88 Å². The van der Waals surface area contributed by atoms with Crippen molar-refractivity contribution < 1.29 is 9.18 Å². The Morgan fingerprint density at radius 3 is 2.65 bits per heavy atom. The first-order chi connectivity index (χ1) is 12.5. The van der Waals surface area contributed by atoms with Gasteiger partial charge in [0.1, 0.15) is 11.5 Å². The number of amides is 1. The number of aromatic amines is 1. The molecule has 136 valence electrons. The average Bonchev–Trinajstić information content (AvgIpc) is 3.03. The largest absolute Gasteiger partial charge is 0.368 e. The zero-order valence-electron chi connectivity index (χ0n) is 14.8. The minimum atomic E-state index is -0.246. The van der Waals surface area contributed by atoms with Crippen LogP contribution in [-0.2, 0) is 6.42 Å². The Morgan fingerprint density at radius 1 is 1.15 bits per heavy atom. The smallest absolute Gasteiger partial charge is 0.270 e. The molecule has 6 heteroatoms. The summed E-state index contributed by atoms with van der Waals surface area (Å²) in [6.45, 7) is 4.04. The second-order valence-corrected chi connectivity index (χ2v) is 7.18. The van der Waals surface area contributed by atoms with E-state index in [0.717, 1.165) is 42.6 Å². The van der Waals surface area contributed by atoms with Crippen molar-refractivity contribution in [3.05, 3.63) is 63.3 Å². The van der Waals surface area contributed by atoms with Crippen molar-refractivity contribution in [1.29, 1.82) is 0 Å². The monoisotopic (exact) mass is 355 g/mol. The molecule has 0 unspecified atom stereocenters. The van der Waals surface area contributed by atoms with E-state index in [9.17, 15) is 14.0 Å². The molecular formula is C20H22FN3O2. The lowest BCUT2D eigenvalue weighted by Crippen LogP contribution is -2.46. The zero-order valence-corrected chi connectivity index (χ0v) is 14.8. The number of aryl methyl sites for hydroxylation is 1. The highest BCUT2D eigenvalue weighted by atomic mass is 19.1. The van der Waals surface area contributed by atoms with E-state index in [1.54, 1.807) is 12.1 Å². The summed E-state index contributed by atoms with van der Waals surface area (Å²) < 4.78 is 13.4. The summed E-state index contributed by atoms with van der Waals surface area (Å²) in [6.07, 6.45) is 2.62. The number of fused-ring (bicyclic) bond motifs is 1. The molecule has 2 aliphatic heterocycles. The van der Waals surface area contributed by atoms with Crippen LogP contribution in [0.1, 0.15) is 34.5 Å². The number of nitrogens with zero attached hydrogens (tertiary/aromatic N) is 2. The predicted octanol–water partition coefficient (Wildman–Crippen LogP) is 2.49. The lowest BCUT2D eigenvalue weighted by atomic mass is 10.0. The minimum Gasteiger partial charge on any atom is -0.368 e. The molecule has 1 amide bonds. The van der Waals surface area contributed by atoms with Gasteiger partial charge in [-0.05, 0) is 61.6 Å². The molecule has 1 aromatic heterocycles. The van der Waals surface area contributed by atoms with Crippen LogP contribution in [0.5, 0.6) is 0 Å². The van der Waals surface area contributed by atoms with E-state index < -0.39 is 0 Å². The summed E-state index contributed by atoms with van der Waals surface area (Å²) in [7, 11) is 0. The molecule has 26 heavy (non-hydrogen) atoms. The van der Waals surface area contributed by atoms with Crippen LogP contribution < -0.4 is 10.5 Å². The number of piperidine rings is 1.